The molecule has 24 nitrogen and oxygen atoms in total. The molecule has 0 unspecified atom stereocenters. The van der Waals surface area contributed by atoms with Crippen molar-refractivity contribution in [2.24, 2.45) is 0 Å². The molecule has 4 aliphatic rings. The smallest absolute Gasteiger partial charge is 0.537 e. The molecule has 0 bridgehead atoms. The maximum absolute atomic E-state index is 11.1. The molecular formula is C40H32Cu2N12O12S4. The minimum atomic E-state index is -3.68. The molecule has 70 heavy (non-hydrogen) atoms. The van der Waals surface area contributed by atoms with Gasteiger partial charge in [0.05, 0.1) is 68.5 Å². The van der Waals surface area contributed by atoms with E-state index in [2.05, 4.69) is 58.8 Å². The normalized spacial score (nSPS) is 15.0. The molecule has 0 aliphatic carbocycles. The third kappa shape index (κ3) is 15.7. The molecule has 4 aromatic carbocycles. The van der Waals surface area contributed by atoms with Gasteiger partial charge in [-0.2, -0.15) is 0 Å². The molecule has 370 valence electrons. The first-order valence-corrected chi connectivity index (χ1v) is 24.4. The van der Waals surface area contributed by atoms with E-state index in [9.17, 15) is 52.8 Å². The zero-order chi connectivity index (χ0) is 49.2. The molecule has 4 aliphatic heterocycles. The topological polar surface area (TPSA) is 376 Å². The summed E-state index contributed by atoms with van der Waals surface area (Å²) >= 11 is 0. The van der Waals surface area contributed by atoms with E-state index in [1.165, 1.54) is 48.5 Å². The summed E-state index contributed by atoms with van der Waals surface area (Å²) in [6.45, 7) is 0. The van der Waals surface area contributed by atoms with Gasteiger partial charge in [0.1, 0.15) is 40.1 Å². The first-order valence-electron chi connectivity index (χ1n) is 18.6. The maximum Gasteiger partial charge on any atom is 2.00 e. The Bertz CT molecular complexity index is 2880. The number of hydrogen-bond acceptors (Lipinski definition) is 16. The summed E-state index contributed by atoms with van der Waals surface area (Å²) in [7, 11) is -14.7. The van der Waals surface area contributed by atoms with Crippen molar-refractivity contribution in [3.05, 3.63) is 213 Å². The van der Waals surface area contributed by atoms with Crippen LogP contribution < -0.4 is 0 Å². The fourth-order valence-electron chi connectivity index (χ4n) is 5.16. The van der Waals surface area contributed by atoms with Gasteiger partial charge in [-0.3, -0.25) is 0 Å². The maximum atomic E-state index is 11.1. The number of rotatable bonds is 0. The average molecular weight is 1130 g/mol. The minimum Gasteiger partial charge on any atom is -0.537 e. The van der Waals surface area contributed by atoms with Gasteiger partial charge in [-0.15, -0.1) is 0 Å². The second-order valence-corrected chi connectivity index (χ2v) is 18.8. The average Bonchev–Trinajstić information content (AvgIpc) is 4.17. The zero-order valence-corrected chi connectivity index (χ0v) is 40.0. The summed E-state index contributed by atoms with van der Waals surface area (Å²) in [5.41, 5.74) is 0.657. The summed E-state index contributed by atoms with van der Waals surface area (Å²) < 4.78 is 101. The van der Waals surface area contributed by atoms with Crippen LogP contribution in [-0.2, 0) is 74.2 Å². The predicted molar refractivity (Wildman–Crippen MR) is 240 cm³/mol. The Morgan fingerprint density at radius 1 is 0.314 bits per heavy atom. The standard InChI is InChI=1S/4C7H5NO3S.4C3H4N2.2Cu/c4*9-7-5-3-1-2-4-6(5)12(10,11)8-7;4*1-2-5-3-4-1;;/h4*1-4H,(H,8,9);4*1-3H,(H,4,5);;/q;;;;;;;;2*+2/p-4. The van der Waals surface area contributed by atoms with Gasteiger partial charge in [-0.25, -0.2) is 53.6 Å². The van der Waals surface area contributed by atoms with Crippen molar-refractivity contribution < 1.29 is 87.0 Å². The van der Waals surface area contributed by atoms with Gasteiger partial charge in [0, 0.05) is 71.8 Å². The van der Waals surface area contributed by atoms with Crippen LogP contribution in [0, 0.1) is 0 Å². The molecule has 8 heterocycles. The SMILES string of the molecule is O=C1[N-]S(=O)(=O)c2ccccc21.O=C1[N-]S(=O)(=O)c2ccccc21.O=C1[N-]S(=O)(=O)c2ccccc21.O=C1[N-]S(=O)(=O)c2ccccc21.[Cu+2].[Cu+2].c1c[nH]cn1.c1c[nH]cn1.c1c[nH]cn1.c1c[nH]cn1. The molecule has 0 atom stereocenters. The van der Waals surface area contributed by atoms with Crippen LogP contribution in [0.15, 0.2) is 192 Å². The van der Waals surface area contributed by atoms with Gasteiger partial charge in [0.25, 0.3) is 0 Å². The first kappa shape index (κ1) is 56.8. The summed E-state index contributed by atoms with van der Waals surface area (Å²) in [6.07, 6.45) is 20.3. The molecule has 4 N–H and O–H groups in total. The number of nitrogens with zero attached hydrogens (tertiary/aromatic N) is 8. The van der Waals surface area contributed by atoms with Gasteiger partial charge in [-0.1, -0.05) is 72.8 Å². The third-order valence-electron chi connectivity index (χ3n) is 8.02. The number of carbonyl (C=O) groups excluding carboxylic acids is 4. The Morgan fingerprint density at radius 2 is 0.500 bits per heavy atom. The van der Waals surface area contributed by atoms with Gasteiger partial charge in [0.15, 0.2) is 0 Å². The summed E-state index contributed by atoms with van der Waals surface area (Å²) in [4.78, 5) is 69.4. The number of aromatic nitrogens is 8. The second kappa shape index (κ2) is 26.3. The van der Waals surface area contributed by atoms with Crippen LogP contribution in [0.25, 0.3) is 18.9 Å². The number of imidazole rings is 4. The Kier molecular flexibility index (Phi) is 21.3. The minimum absolute atomic E-state index is 0. The number of fused-ring (bicyclic) bond motifs is 4. The van der Waals surface area contributed by atoms with Crippen LogP contribution >= 0.6 is 0 Å². The van der Waals surface area contributed by atoms with Crippen LogP contribution in [0.5, 0.6) is 0 Å². The van der Waals surface area contributed by atoms with Gasteiger partial charge < -0.3 is 58.0 Å². The van der Waals surface area contributed by atoms with Gasteiger partial charge in [-0.05, 0) is 24.3 Å². The van der Waals surface area contributed by atoms with Crippen LogP contribution in [0.1, 0.15) is 41.4 Å². The number of nitrogens with one attached hydrogen (secondary N) is 4. The first-order chi connectivity index (χ1) is 32.4. The summed E-state index contributed by atoms with van der Waals surface area (Å²) in [5, 5.41) is 0. The van der Waals surface area contributed by atoms with Crippen molar-refractivity contribution in [2.75, 3.05) is 0 Å². The monoisotopic (exact) mass is 1130 g/mol. The fourth-order valence-corrected chi connectivity index (χ4v) is 9.56. The van der Waals surface area contributed by atoms with E-state index in [4.69, 9.17) is 0 Å². The van der Waals surface area contributed by atoms with Gasteiger partial charge >= 0.3 is 34.1 Å². The quantitative estimate of drug-likeness (QED) is 0.141. The molecule has 0 fully saturated rings. The zero-order valence-electron chi connectivity index (χ0n) is 34.9. The van der Waals surface area contributed by atoms with E-state index >= 15 is 0 Å². The van der Waals surface area contributed by atoms with E-state index in [1.54, 1.807) is 123 Å². The van der Waals surface area contributed by atoms with E-state index in [0.29, 0.717) is 0 Å². The number of H-pyrrole nitrogens is 4. The Hall–Kier alpha value is -7.56. The summed E-state index contributed by atoms with van der Waals surface area (Å²) in [6, 6.07) is 24.0. The number of carbonyl (C=O) groups is 4. The molecule has 4 aromatic heterocycles. The van der Waals surface area contributed by atoms with Crippen LogP contribution in [-0.4, -0.2) is 97.2 Å². The van der Waals surface area contributed by atoms with Gasteiger partial charge in [0.2, 0.25) is 0 Å². The third-order valence-corrected chi connectivity index (χ3v) is 13.3. The van der Waals surface area contributed by atoms with Crippen molar-refractivity contribution in [2.45, 2.75) is 19.6 Å². The van der Waals surface area contributed by atoms with Crippen molar-refractivity contribution in [1.29, 1.82) is 0 Å². The number of hydrogen-bond donors (Lipinski definition) is 4. The Morgan fingerprint density at radius 3 is 0.629 bits per heavy atom. The van der Waals surface area contributed by atoms with E-state index in [0.717, 1.165) is 0 Å². The second-order valence-electron chi connectivity index (χ2n) is 12.5. The van der Waals surface area contributed by atoms with Crippen LogP contribution in [0.3, 0.4) is 0 Å². The van der Waals surface area contributed by atoms with E-state index in [-0.39, 0.29) is 76.0 Å². The molecule has 2 radical (unpaired) electrons. The number of benzene rings is 4. The van der Waals surface area contributed by atoms with Crippen LogP contribution in [0.4, 0.5) is 0 Å². The fraction of sp³-hybridized carbons (Fsp3) is 0. The molecular weight excluding hydrogens is 1100 g/mol. The number of sulfonamides is 4. The largest absolute Gasteiger partial charge is 2.00 e. The van der Waals surface area contributed by atoms with E-state index in [1.807, 2.05) is 0 Å². The molecule has 8 aromatic rings. The molecule has 4 amide bonds. The Labute approximate surface area is 420 Å². The molecule has 0 saturated heterocycles. The number of aromatic amines is 4. The predicted octanol–water partition coefficient (Wildman–Crippen LogP) is 5.25. The van der Waals surface area contributed by atoms with E-state index < -0.39 is 63.7 Å². The van der Waals surface area contributed by atoms with Crippen molar-refractivity contribution in [3.63, 3.8) is 0 Å². The molecule has 30 heteroatoms. The molecule has 12 rings (SSSR count). The van der Waals surface area contributed by atoms with Crippen molar-refractivity contribution in [3.8, 4) is 0 Å². The van der Waals surface area contributed by atoms with Crippen molar-refractivity contribution in [1.82, 2.24) is 39.9 Å². The Balaban J connectivity index is 0.000000217. The van der Waals surface area contributed by atoms with Crippen molar-refractivity contribution >= 4 is 63.7 Å². The van der Waals surface area contributed by atoms with Crippen LogP contribution in [0.2, 0.25) is 0 Å². The molecule has 0 saturated carbocycles. The number of amides is 4. The molecule has 0 spiro atoms. The summed E-state index contributed by atoms with van der Waals surface area (Å²) in [5.74, 6) is -2.70.